The van der Waals surface area contributed by atoms with Gasteiger partial charge in [0.05, 0.1) is 12.2 Å². The minimum atomic E-state index is -0.898. The van der Waals surface area contributed by atoms with Crippen LogP contribution in [-0.2, 0) is 11.3 Å². The molecule has 4 rings (SSSR count). The van der Waals surface area contributed by atoms with Crippen LogP contribution >= 0.6 is 0 Å². The molecule has 0 aliphatic rings. The van der Waals surface area contributed by atoms with Gasteiger partial charge in [-0.15, -0.1) is 0 Å². The molecule has 4 aromatic rings. The monoisotopic (exact) mass is 514 g/mol. The molecule has 6 nitrogen and oxygen atoms in total. The van der Waals surface area contributed by atoms with Crippen LogP contribution in [0.1, 0.15) is 34.0 Å². The maximum atomic E-state index is 14.8. The summed E-state index contributed by atoms with van der Waals surface area (Å²) in [5, 5.41) is 3.27. The highest BCUT2D eigenvalue weighted by Crippen LogP contribution is 2.36. The van der Waals surface area contributed by atoms with Gasteiger partial charge in [-0.1, -0.05) is 31.4 Å². The normalized spacial score (nSPS) is 10.8. The first kappa shape index (κ1) is 26.5. The number of halogens is 2. The van der Waals surface area contributed by atoms with Crippen LogP contribution in [0.3, 0.4) is 0 Å². The third-order valence-corrected chi connectivity index (χ3v) is 6.11. The SMILES string of the molecule is C=CC(=O)N(c1nc(C)nc(-c2cc(C(=C)NCc3ccc(C)o3)ccc2C)c1C)c1c(F)cccc1F. The van der Waals surface area contributed by atoms with Gasteiger partial charge >= 0.3 is 0 Å². The van der Waals surface area contributed by atoms with Gasteiger partial charge in [0.15, 0.2) is 0 Å². The molecular weight excluding hydrogens is 486 g/mol. The Morgan fingerprint density at radius 3 is 2.39 bits per heavy atom. The molecule has 0 saturated carbocycles. The molecule has 0 spiro atoms. The van der Waals surface area contributed by atoms with Crippen LogP contribution in [0.5, 0.6) is 0 Å². The van der Waals surface area contributed by atoms with Crippen LogP contribution in [-0.4, -0.2) is 15.9 Å². The smallest absolute Gasteiger partial charge is 0.256 e. The summed E-state index contributed by atoms with van der Waals surface area (Å²) >= 11 is 0. The van der Waals surface area contributed by atoms with Crippen LogP contribution < -0.4 is 10.2 Å². The Balaban J connectivity index is 1.79. The number of carbonyl (C=O) groups is 1. The first-order valence-electron chi connectivity index (χ1n) is 12.0. The summed E-state index contributed by atoms with van der Waals surface area (Å²) < 4.78 is 35.2. The van der Waals surface area contributed by atoms with E-state index in [0.717, 1.165) is 51.3 Å². The van der Waals surface area contributed by atoms with E-state index in [9.17, 15) is 13.6 Å². The van der Waals surface area contributed by atoms with Crippen molar-refractivity contribution in [2.75, 3.05) is 4.90 Å². The molecule has 0 atom stereocenters. The number of aromatic nitrogens is 2. The average Bonchev–Trinajstić information content (AvgIpc) is 3.31. The summed E-state index contributed by atoms with van der Waals surface area (Å²) in [4.78, 5) is 22.9. The first-order valence-corrected chi connectivity index (χ1v) is 12.0. The summed E-state index contributed by atoms with van der Waals surface area (Å²) in [5.74, 6) is -0.512. The Kier molecular flexibility index (Phi) is 7.52. The largest absolute Gasteiger partial charge is 0.465 e. The summed E-state index contributed by atoms with van der Waals surface area (Å²) in [5.41, 5.74) is 3.66. The number of hydrogen-bond donors (Lipinski definition) is 1. The van der Waals surface area contributed by atoms with Crippen molar-refractivity contribution in [1.29, 1.82) is 0 Å². The van der Waals surface area contributed by atoms with Crippen LogP contribution in [0.4, 0.5) is 20.3 Å². The molecule has 0 bridgehead atoms. The molecule has 1 N–H and O–H groups in total. The highest BCUT2D eigenvalue weighted by Gasteiger charge is 2.27. The van der Waals surface area contributed by atoms with Gasteiger partial charge in [-0.3, -0.25) is 9.69 Å². The second kappa shape index (κ2) is 10.8. The predicted molar refractivity (Wildman–Crippen MR) is 145 cm³/mol. The predicted octanol–water partition coefficient (Wildman–Crippen LogP) is 6.86. The molecule has 2 aromatic carbocycles. The number of amides is 1. The lowest BCUT2D eigenvalue weighted by atomic mass is 9.98. The van der Waals surface area contributed by atoms with E-state index in [-0.39, 0.29) is 5.82 Å². The van der Waals surface area contributed by atoms with E-state index in [1.165, 1.54) is 6.07 Å². The average molecular weight is 515 g/mol. The van der Waals surface area contributed by atoms with Gasteiger partial charge in [0.2, 0.25) is 0 Å². The van der Waals surface area contributed by atoms with Crippen LogP contribution in [0.25, 0.3) is 17.0 Å². The molecule has 1 amide bonds. The summed E-state index contributed by atoms with van der Waals surface area (Å²) in [6.45, 7) is 15.3. The molecule has 0 fully saturated rings. The number of nitrogens with zero attached hydrogens (tertiary/aromatic N) is 3. The molecule has 0 aliphatic carbocycles. The van der Waals surface area contributed by atoms with E-state index < -0.39 is 23.2 Å². The van der Waals surface area contributed by atoms with Crippen molar-refractivity contribution < 1.29 is 18.0 Å². The standard InChI is InChI=1S/C30H28F2N4O2/c1-7-27(37)36(29-25(31)9-8-10-26(29)32)30-19(4)28(34-21(6)35-30)24-15-22(13-11-17(24)2)20(5)33-16-23-14-12-18(3)38-23/h7-15,33H,1,5,16H2,2-4,6H3. The Hall–Kier alpha value is -4.59. The number of benzene rings is 2. The van der Waals surface area contributed by atoms with Gasteiger partial charge in [0, 0.05) is 16.8 Å². The zero-order valence-corrected chi connectivity index (χ0v) is 21.7. The van der Waals surface area contributed by atoms with E-state index in [0.29, 0.717) is 29.3 Å². The van der Waals surface area contributed by atoms with E-state index in [1.807, 2.05) is 44.2 Å². The Bertz CT molecular complexity index is 1540. The van der Waals surface area contributed by atoms with E-state index in [2.05, 4.69) is 28.4 Å². The third kappa shape index (κ3) is 5.25. The molecule has 38 heavy (non-hydrogen) atoms. The van der Waals surface area contributed by atoms with Gasteiger partial charge in [-0.2, -0.15) is 0 Å². The van der Waals surface area contributed by atoms with Crippen molar-refractivity contribution in [3.63, 3.8) is 0 Å². The highest BCUT2D eigenvalue weighted by molar-refractivity contribution is 6.07. The van der Waals surface area contributed by atoms with Crippen LogP contribution in [0, 0.1) is 39.3 Å². The summed E-state index contributed by atoms with van der Waals surface area (Å²) in [7, 11) is 0. The summed E-state index contributed by atoms with van der Waals surface area (Å²) in [6, 6.07) is 13.0. The number of nitrogens with one attached hydrogen (secondary N) is 1. The maximum absolute atomic E-state index is 14.8. The number of rotatable bonds is 8. The molecule has 8 heteroatoms. The first-order chi connectivity index (χ1) is 18.1. The maximum Gasteiger partial charge on any atom is 0.256 e. The zero-order chi connectivity index (χ0) is 27.6. The Morgan fingerprint density at radius 2 is 1.76 bits per heavy atom. The van der Waals surface area contributed by atoms with Gasteiger partial charge in [-0.05, 0) is 75.2 Å². The number of hydrogen-bond acceptors (Lipinski definition) is 5. The number of furan rings is 1. The van der Waals surface area contributed by atoms with Crippen LogP contribution in [0.2, 0.25) is 0 Å². The molecular formula is C30H28F2N4O2. The minimum Gasteiger partial charge on any atom is -0.465 e. The number of carbonyl (C=O) groups excluding carboxylic acids is 1. The van der Waals surface area contributed by atoms with Crippen LogP contribution in [0.15, 0.2) is 72.2 Å². The Labute approximate surface area is 220 Å². The van der Waals surface area contributed by atoms with Gasteiger partial charge in [0.25, 0.3) is 5.91 Å². The quantitative estimate of drug-likeness (QED) is 0.260. The van der Waals surface area contributed by atoms with Crippen molar-refractivity contribution in [3.8, 4) is 11.3 Å². The second-order valence-electron chi connectivity index (χ2n) is 8.89. The fraction of sp³-hybridized carbons (Fsp3) is 0.167. The number of para-hydroxylation sites is 1. The lowest BCUT2D eigenvalue weighted by Gasteiger charge is -2.25. The van der Waals surface area contributed by atoms with Crippen molar-refractivity contribution in [3.05, 3.63) is 113 Å². The lowest BCUT2D eigenvalue weighted by molar-refractivity contribution is -0.113. The second-order valence-corrected chi connectivity index (χ2v) is 8.89. The summed E-state index contributed by atoms with van der Waals surface area (Å²) in [6.07, 6.45) is 0.991. The fourth-order valence-corrected chi connectivity index (χ4v) is 4.15. The van der Waals surface area contributed by atoms with Gasteiger partial charge in [-0.25, -0.2) is 18.7 Å². The highest BCUT2D eigenvalue weighted by atomic mass is 19.1. The van der Waals surface area contributed by atoms with E-state index >= 15 is 0 Å². The van der Waals surface area contributed by atoms with Crippen molar-refractivity contribution in [2.24, 2.45) is 0 Å². The minimum absolute atomic E-state index is 0.0661. The molecule has 0 saturated heterocycles. The number of anilines is 2. The Morgan fingerprint density at radius 1 is 1.05 bits per heavy atom. The van der Waals surface area contributed by atoms with Crippen molar-refractivity contribution in [1.82, 2.24) is 15.3 Å². The van der Waals surface area contributed by atoms with Gasteiger partial charge in [0.1, 0.15) is 40.5 Å². The molecule has 2 aromatic heterocycles. The zero-order valence-electron chi connectivity index (χ0n) is 21.7. The topological polar surface area (TPSA) is 71.3 Å². The molecule has 194 valence electrons. The van der Waals surface area contributed by atoms with Crippen molar-refractivity contribution in [2.45, 2.75) is 34.2 Å². The molecule has 2 heterocycles. The molecule has 0 unspecified atom stereocenters. The van der Waals surface area contributed by atoms with Crippen molar-refractivity contribution >= 4 is 23.1 Å². The fourth-order valence-electron chi connectivity index (χ4n) is 4.15. The molecule has 0 radical (unpaired) electrons. The van der Waals surface area contributed by atoms with Gasteiger partial charge < -0.3 is 9.73 Å². The number of aryl methyl sites for hydroxylation is 3. The molecule has 0 aliphatic heterocycles. The lowest BCUT2D eigenvalue weighted by Crippen LogP contribution is -2.28. The third-order valence-electron chi connectivity index (χ3n) is 6.11. The van der Waals surface area contributed by atoms with E-state index in [4.69, 9.17) is 4.42 Å². The van der Waals surface area contributed by atoms with E-state index in [1.54, 1.807) is 13.8 Å².